The Morgan fingerprint density at radius 2 is 1.59 bits per heavy atom. The van der Waals surface area contributed by atoms with Crippen LogP contribution < -0.4 is 5.56 Å². The second kappa shape index (κ2) is 8.01. The molecule has 2 saturated carbocycles. The average Bonchev–Trinajstić information content (AvgIpc) is 3.04. The van der Waals surface area contributed by atoms with Gasteiger partial charge in [0, 0.05) is 24.8 Å². The molecule has 2 fully saturated rings. The summed E-state index contributed by atoms with van der Waals surface area (Å²) in [7, 11) is 1.85. The van der Waals surface area contributed by atoms with Crippen molar-refractivity contribution in [3.63, 3.8) is 0 Å². The molecular formula is C22H26N4O. The summed E-state index contributed by atoms with van der Waals surface area (Å²) in [6.07, 6.45) is 12.6. The molecule has 0 aliphatic heterocycles. The van der Waals surface area contributed by atoms with Crippen LogP contribution >= 0.6 is 0 Å². The minimum Gasteiger partial charge on any atom is -0.311 e. The third kappa shape index (κ3) is 4.08. The number of rotatable bonds is 0. The topological polar surface area (TPSA) is 63.6 Å². The first kappa shape index (κ1) is 17.9. The van der Waals surface area contributed by atoms with E-state index in [0.717, 1.165) is 25.7 Å². The van der Waals surface area contributed by atoms with Crippen LogP contribution in [-0.4, -0.2) is 19.5 Å². The maximum atomic E-state index is 11.8. The summed E-state index contributed by atoms with van der Waals surface area (Å²) in [6, 6.07) is 0. The summed E-state index contributed by atoms with van der Waals surface area (Å²) in [5, 5.41) is 0. The average molecular weight is 362 g/mol. The number of fused-ring (bicyclic) bond motifs is 1. The molecule has 140 valence electrons. The van der Waals surface area contributed by atoms with Gasteiger partial charge in [0.2, 0.25) is 0 Å². The van der Waals surface area contributed by atoms with Gasteiger partial charge in [-0.1, -0.05) is 37.0 Å². The quantitative estimate of drug-likeness (QED) is 0.731. The minimum absolute atomic E-state index is 0.222. The van der Waals surface area contributed by atoms with Crippen molar-refractivity contribution in [2.75, 3.05) is 0 Å². The Balaban J connectivity index is 1.38. The van der Waals surface area contributed by atoms with E-state index in [2.05, 4.69) is 38.6 Å². The number of aromatic nitrogens is 4. The number of nitrogens with zero attached hydrogens (tertiary/aromatic N) is 3. The number of imidazole rings is 1. The van der Waals surface area contributed by atoms with Gasteiger partial charge in [0.1, 0.15) is 0 Å². The van der Waals surface area contributed by atoms with E-state index >= 15 is 0 Å². The minimum atomic E-state index is -0.222. The van der Waals surface area contributed by atoms with Gasteiger partial charge < -0.3 is 9.55 Å². The Bertz CT molecular complexity index is 980. The molecule has 2 aliphatic rings. The molecular weight excluding hydrogens is 336 g/mol. The molecule has 5 heteroatoms. The zero-order valence-corrected chi connectivity index (χ0v) is 15.9. The van der Waals surface area contributed by atoms with Crippen molar-refractivity contribution in [3.05, 3.63) is 22.5 Å². The molecule has 2 aliphatic carbocycles. The van der Waals surface area contributed by atoms with E-state index in [0.29, 0.717) is 34.7 Å². The number of hydrogen-bond acceptors (Lipinski definition) is 3. The van der Waals surface area contributed by atoms with E-state index in [4.69, 9.17) is 0 Å². The van der Waals surface area contributed by atoms with Crippen LogP contribution in [0.2, 0.25) is 0 Å². The summed E-state index contributed by atoms with van der Waals surface area (Å²) >= 11 is 0. The van der Waals surface area contributed by atoms with Crippen molar-refractivity contribution < 1.29 is 0 Å². The van der Waals surface area contributed by atoms with Crippen LogP contribution in [0.3, 0.4) is 0 Å². The molecule has 2 heterocycles. The van der Waals surface area contributed by atoms with Gasteiger partial charge >= 0.3 is 0 Å². The normalized spacial score (nSPS) is 23.3. The number of aryl methyl sites for hydroxylation is 1. The smallest absolute Gasteiger partial charge is 0.278 e. The second-order valence-corrected chi connectivity index (χ2v) is 7.84. The van der Waals surface area contributed by atoms with E-state index in [1.54, 1.807) is 4.57 Å². The van der Waals surface area contributed by atoms with Crippen molar-refractivity contribution in [3.8, 4) is 23.7 Å². The van der Waals surface area contributed by atoms with Crippen LogP contribution in [0, 0.1) is 41.4 Å². The van der Waals surface area contributed by atoms with E-state index in [9.17, 15) is 4.79 Å². The molecule has 1 N–H and O–H groups in total. The van der Waals surface area contributed by atoms with E-state index < -0.39 is 0 Å². The predicted molar refractivity (Wildman–Crippen MR) is 106 cm³/mol. The molecule has 0 aromatic carbocycles. The Hall–Kier alpha value is -2.53. The van der Waals surface area contributed by atoms with E-state index in [1.807, 2.05) is 7.05 Å². The Labute approximate surface area is 160 Å². The van der Waals surface area contributed by atoms with Crippen LogP contribution in [0.4, 0.5) is 0 Å². The molecule has 0 spiro atoms. The lowest BCUT2D eigenvalue weighted by atomic mass is 9.82. The lowest BCUT2D eigenvalue weighted by molar-refractivity contribution is 0.371. The Morgan fingerprint density at radius 3 is 2.26 bits per heavy atom. The van der Waals surface area contributed by atoms with E-state index in [-0.39, 0.29) is 5.56 Å². The highest BCUT2D eigenvalue weighted by Gasteiger charge is 2.19. The fraction of sp³-hybridized carbons (Fsp3) is 0.591. The largest absolute Gasteiger partial charge is 0.311 e. The van der Waals surface area contributed by atoms with Crippen molar-refractivity contribution in [2.24, 2.45) is 24.8 Å². The first-order valence-electron chi connectivity index (χ1n) is 10.1. The highest BCUT2D eigenvalue weighted by molar-refractivity contribution is 5.70. The first-order valence-corrected chi connectivity index (χ1v) is 10.1. The summed E-state index contributed by atoms with van der Waals surface area (Å²) < 4.78 is 1.79. The third-order valence-corrected chi connectivity index (χ3v) is 5.87. The summed E-state index contributed by atoms with van der Waals surface area (Å²) in [5.41, 5.74) is 0.705. The van der Waals surface area contributed by atoms with Crippen LogP contribution in [-0.2, 0) is 7.05 Å². The fourth-order valence-electron chi connectivity index (χ4n) is 4.15. The SMILES string of the molecule is Cn1c(C#C[C@H]2CC[C@@H](C#CC3CCCCC3)CC2)nc2c(=O)[nH]cnc21. The van der Waals surface area contributed by atoms with Gasteiger partial charge in [-0.2, -0.15) is 0 Å². The number of aromatic amines is 1. The molecule has 4 rings (SSSR count). The van der Waals surface area contributed by atoms with Crippen molar-refractivity contribution >= 4 is 11.2 Å². The Kier molecular flexibility index (Phi) is 5.30. The van der Waals surface area contributed by atoms with Crippen LogP contribution in [0.25, 0.3) is 11.2 Å². The molecule has 5 nitrogen and oxygen atoms in total. The summed E-state index contributed by atoms with van der Waals surface area (Å²) in [4.78, 5) is 22.9. The lowest BCUT2D eigenvalue weighted by Gasteiger charge is -2.22. The predicted octanol–water partition coefficient (Wildman–Crippen LogP) is 3.40. The van der Waals surface area contributed by atoms with Gasteiger partial charge in [0.25, 0.3) is 5.56 Å². The third-order valence-electron chi connectivity index (χ3n) is 5.87. The van der Waals surface area contributed by atoms with Gasteiger partial charge in [-0.3, -0.25) is 4.79 Å². The Morgan fingerprint density at radius 1 is 0.963 bits per heavy atom. The van der Waals surface area contributed by atoms with Gasteiger partial charge in [0.15, 0.2) is 17.0 Å². The maximum absolute atomic E-state index is 11.8. The molecule has 27 heavy (non-hydrogen) atoms. The van der Waals surface area contributed by atoms with E-state index in [1.165, 1.54) is 38.4 Å². The highest BCUT2D eigenvalue weighted by Crippen LogP contribution is 2.29. The zero-order chi connectivity index (χ0) is 18.6. The molecule has 0 saturated heterocycles. The molecule has 2 aromatic heterocycles. The number of nitrogens with one attached hydrogen (secondary N) is 1. The van der Waals surface area contributed by atoms with Crippen LogP contribution in [0.15, 0.2) is 11.1 Å². The van der Waals surface area contributed by atoms with Gasteiger partial charge in [0.05, 0.1) is 6.33 Å². The second-order valence-electron chi connectivity index (χ2n) is 7.84. The standard InChI is InChI=1S/C22H26N4O/c1-26-19(25-20-21(26)23-15-24-22(20)27)14-13-18-11-9-17(10-12-18)8-7-16-5-3-2-4-6-16/h15-18H,2-6,9-12H2,1H3,(H,23,24,27)/t17-,18+. The number of H-pyrrole nitrogens is 1. The molecule has 0 atom stereocenters. The van der Waals surface area contributed by atoms with Gasteiger partial charge in [-0.05, 0) is 44.4 Å². The first-order chi connectivity index (χ1) is 13.2. The van der Waals surface area contributed by atoms with Crippen molar-refractivity contribution in [1.29, 1.82) is 0 Å². The molecule has 0 bridgehead atoms. The zero-order valence-electron chi connectivity index (χ0n) is 15.9. The van der Waals surface area contributed by atoms with Crippen molar-refractivity contribution in [1.82, 2.24) is 19.5 Å². The van der Waals surface area contributed by atoms with Gasteiger partial charge in [-0.15, -0.1) is 0 Å². The fourth-order valence-corrected chi connectivity index (χ4v) is 4.15. The monoisotopic (exact) mass is 362 g/mol. The summed E-state index contributed by atoms with van der Waals surface area (Å²) in [6.45, 7) is 0. The molecule has 0 radical (unpaired) electrons. The highest BCUT2D eigenvalue weighted by atomic mass is 16.1. The lowest BCUT2D eigenvalue weighted by Crippen LogP contribution is -2.12. The van der Waals surface area contributed by atoms with Crippen LogP contribution in [0.1, 0.15) is 63.6 Å². The summed E-state index contributed by atoms with van der Waals surface area (Å²) in [5.74, 6) is 15.8. The number of hydrogen-bond donors (Lipinski definition) is 1. The van der Waals surface area contributed by atoms with Gasteiger partial charge in [-0.25, -0.2) is 9.97 Å². The molecule has 0 unspecified atom stereocenters. The molecule has 0 amide bonds. The molecule has 2 aromatic rings. The maximum Gasteiger partial charge on any atom is 0.278 e. The van der Waals surface area contributed by atoms with Crippen molar-refractivity contribution in [2.45, 2.75) is 57.8 Å². The van der Waals surface area contributed by atoms with Crippen LogP contribution in [0.5, 0.6) is 0 Å².